The van der Waals surface area contributed by atoms with Gasteiger partial charge in [-0.15, -0.1) is 0 Å². The molecule has 1 saturated heterocycles. The fourth-order valence-electron chi connectivity index (χ4n) is 4.24. The van der Waals surface area contributed by atoms with Crippen molar-refractivity contribution in [3.8, 4) is 5.75 Å². The lowest BCUT2D eigenvalue weighted by molar-refractivity contribution is -0.139. The van der Waals surface area contributed by atoms with E-state index in [-0.39, 0.29) is 18.4 Å². The zero-order valence-corrected chi connectivity index (χ0v) is 18.4. The van der Waals surface area contributed by atoms with Gasteiger partial charge in [0, 0.05) is 37.6 Å². The first-order valence-electron chi connectivity index (χ1n) is 10.9. The normalized spacial score (nSPS) is 17.2. The minimum absolute atomic E-state index is 0.0978. The minimum Gasteiger partial charge on any atom is -0.482 e. The van der Waals surface area contributed by atoms with Crippen molar-refractivity contribution >= 4 is 22.8 Å². The van der Waals surface area contributed by atoms with Crippen molar-refractivity contribution in [3.63, 3.8) is 0 Å². The molecule has 4 rings (SSSR count). The number of carbonyl (C=O) groups is 2. The highest BCUT2D eigenvalue weighted by Crippen LogP contribution is 2.28. The van der Waals surface area contributed by atoms with Gasteiger partial charge in [-0.25, -0.2) is 9.18 Å². The highest BCUT2D eigenvalue weighted by atomic mass is 19.1. The van der Waals surface area contributed by atoms with Crippen LogP contribution >= 0.6 is 0 Å². The Morgan fingerprint density at radius 1 is 1.27 bits per heavy atom. The number of furan rings is 1. The highest BCUT2D eigenvalue weighted by Gasteiger charge is 2.29. The number of halogens is 1. The number of amides is 1. The van der Waals surface area contributed by atoms with Crippen molar-refractivity contribution in [2.75, 3.05) is 33.3 Å². The Bertz CT molecular complexity index is 1130. The Balaban J connectivity index is 1.56. The molecule has 2 unspecified atom stereocenters. The van der Waals surface area contributed by atoms with E-state index in [1.165, 1.54) is 0 Å². The van der Waals surface area contributed by atoms with E-state index in [9.17, 15) is 14.0 Å². The Kier molecular flexibility index (Phi) is 6.93. The maximum Gasteiger partial charge on any atom is 0.341 e. The van der Waals surface area contributed by atoms with Crippen molar-refractivity contribution in [3.05, 3.63) is 65.9 Å². The number of hydrogen-bond acceptors (Lipinski definition) is 5. The SMILES string of the molecule is CN(C(=O)Cc1coc2ccccc12)C(CN1CCC(F)C1)c1cccc(OCC(=O)O)c1. The van der Waals surface area contributed by atoms with Crippen LogP contribution in [0.4, 0.5) is 4.39 Å². The lowest BCUT2D eigenvalue weighted by Crippen LogP contribution is -2.39. The molecule has 3 aromatic rings. The molecule has 1 aliphatic rings. The Morgan fingerprint density at radius 3 is 2.85 bits per heavy atom. The summed E-state index contributed by atoms with van der Waals surface area (Å²) in [5.41, 5.74) is 2.34. The second-order valence-electron chi connectivity index (χ2n) is 8.35. The van der Waals surface area contributed by atoms with Gasteiger partial charge < -0.3 is 19.2 Å². The first-order valence-corrected chi connectivity index (χ1v) is 10.9. The van der Waals surface area contributed by atoms with E-state index in [0.717, 1.165) is 22.1 Å². The van der Waals surface area contributed by atoms with Crippen LogP contribution in [0.3, 0.4) is 0 Å². The van der Waals surface area contributed by atoms with E-state index < -0.39 is 18.7 Å². The number of hydrogen-bond donors (Lipinski definition) is 1. The molecule has 0 spiro atoms. The second-order valence-corrected chi connectivity index (χ2v) is 8.35. The summed E-state index contributed by atoms with van der Waals surface area (Å²) in [6, 6.07) is 14.3. The van der Waals surface area contributed by atoms with Gasteiger partial charge in [0.15, 0.2) is 6.61 Å². The predicted molar refractivity (Wildman–Crippen MR) is 121 cm³/mol. The standard InChI is InChI=1S/C25H27FN2O5/c1-27(24(29)12-18-15-33-23-8-3-2-7-21(18)23)22(14-28-10-9-19(26)13-28)17-5-4-6-20(11-17)32-16-25(30)31/h2-8,11,15,19,22H,9-10,12-14,16H2,1H3,(H,30,31). The molecular weight excluding hydrogens is 427 g/mol. The first kappa shape index (κ1) is 22.8. The van der Waals surface area contributed by atoms with Crippen molar-refractivity contribution in [2.24, 2.45) is 0 Å². The molecule has 1 amide bonds. The van der Waals surface area contributed by atoms with Crippen LogP contribution in [0.1, 0.15) is 23.6 Å². The molecule has 1 fully saturated rings. The number of likely N-dealkylation sites (N-methyl/N-ethyl adjacent to an activating group) is 1. The molecule has 2 heterocycles. The third-order valence-corrected chi connectivity index (χ3v) is 6.01. The number of carboxylic acids is 1. The number of alkyl halides is 1. The summed E-state index contributed by atoms with van der Waals surface area (Å²) in [4.78, 5) is 27.8. The van der Waals surface area contributed by atoms with Gasteiger partial charge in [0.2, 0.25) is 5.91 Å². The number of benzene rings is 2. The van der Waals surface area contributed by atoms with Crippen molar-refractivity contribution in [1.29, 1.82) is 0 Å². The van der Waals surface area contributed by atoms with Gasteiger partial charge in [-0.3, -0.25) is 9.69 Å². The summed E-state index contributed by atoms with van der Waals surface area (Å²) < 4.78 is 24.7. The van der Waals surface area contributed by atoms with Crippen LogP contribution in [0.5, 0.6) is 5.75 Å². The summed E-state index contributed by atoms with van der Waals surface area (Å²) in [6.07, 6.45) is 1.40. The Morgan fingerprint density at radius 2 is 2.09 bits per heavy atom. The van der Waals surface area contributed by atoms with Gasteiger partial charge in [0.1, 0.15) is 17.5 Å². The molecule has 2 aromatic carbocycles. The summed E-state index contributed by atoms with van der Waals surface area (Å²) in [5.74, 6) is -0.756. The number of likely N-dealkylation sites (tertiary alicyclic amines) is 1. The number of carboxylic acid groups (broad SMARTS) is 1. The van der Waals surface area contributed by atoms with E-state index in [0.29, 0.717) is 31.8 Å². The van der Waals surface area contributed by atoms with Crippen LogP contribution in [0.15, 0.2) is 59.2 Å². The molecule has 0 saturated carbocycles. The number of rotatable bonds is 9. The minimum atomic E-state index is -1.07. The topological polar surface area (TPSA) is 83.2 Å². The van der Waals surface area contributed by atoms with Gasteiger partial charge in [-0.1, -0.05) is 30.3 Å². The van der Waals surface area contributed by atoms with Gasteiger partial charge in [0.25, 0.3) is 0 Å². The summed E-state index contributed by atoms with van der Waals surface area (Å²) in [6.45, 7) is 0.977. The smallest absolute Gasteiger partial charge is 0.341 e. The molecule has 2 atom stereocenters. The van der Waals surface area contributed by atoms with Crippen LogP contribution in [-0.4, -0.2) is 66.2 Å². The van der Waals surface area contributed by atoms with Gasteiger partial charge in [0.05, 0.1) is 18.7 Å². The van der Waals surface area contributed by atoms with Crippen molar-refractivity contribution < 1.29 is 28.2 Å². The second kappa shape index (κ2) is 10.0. The van der Waals surface area contributed by atoms with Crippen LogP contribution in [0.25, 0.3) is 11.0 Å². The number of nitrogens with zero attached hydrogens (tertiary/aromatic N) is 2. The predicted octanol–water partition coefficient (Wildman–Crippen LogP) is 3.68. The highest BCUT2D eigenvalue weighted by molar-refractivity contribution is 5.87. The molecule has 1 N–H and O–H groups in total. The average Bonchev–Trinajstić information content (AvgIpc) is 3.41. The van der Waals surface area contributed by atoms with Gasteiger partial charge in [-0.05, 0) is 30.2 Å². The third-order valence-electron chi connectivity index (χ3n) is 6.01. The molecule has 0 radical (unpaired) electrons. The largest absolute Gasteiger partial charge is 0.482 e. The van der Waals surface area contributed by atoms with E-state index in [2.05, 4.69) is 0 Å². The lowest BCUT2D eigenvalue weighted by Gasteiger charge is -2.32. The van der Waals surface area contributed by atoms with E-state index in [4.69, 9.17) is 14.3 Å². The van der Waals surface area contributed by atoms with Crippen LogP contribution in [0.2, 0.25) is 0 Å². The molecule has 0 bridgehead atoms. The molecule has 1 aromatic heterocycles. The fraction of sp³-hybridized carbons (Fsp3) is 0.360. The lowest BCUT2D eigenvalue weighted by atomic mass is 10.0. The molecule has 1 aliphatic heterocycles. The molecule has 0 aliphatic carbocycles. The van der Waals surface area contributed by atoms with Crippen molar-refractivity contribution in [1.82, 2.24) is 9.80 Å². The van der Waals surface area contributed by atoms with Gasteiger partial charge >= 0.3 is 5.97 Å². The summed E-state index contributed by atoms with van der Waals surface area (Å²) in [7, 11) is 1.74. The summed E-state index contributed by atoms with van der Waals surface area (Å²) >= 11 is 0. The molecule has 33 heavy (non-hydrogen) atoms. The quantitative estimate of drug-likeness (QED) is 0.531. The zero-order chi connectivity index (χ0) is 23.4. The first-order chi connectivity index (χ1) is 15.9. The number of aliphatic carboxylic acids is 1. The van der Waals surface area contributed by atoms with Crippen molar-refractivity contribution in [2.45, 2.75) is 25.1 Å². The van der Waals surface area contributed by atoms with E-state index in [1.54, 1.807) is 36.4 Å². The maximum absolute atomic E-state index is 13.8. The molecule has 8 heteroatoms. The summed E-state index contributed by atoms with van der Waals surface area (Å²) in [5, 5.41) is 9.80. The third kappa shape index (κ3) is 5.51. The monoisotopic (exact) mass is 454 g/mol. The molecular formula is C25H27FN2O5. The van der Waals surface area contributed by atoms with Crippen LogP contribution < -0.4 is 4.74 Å². The van der Waals surface area contributed by atoms with E-state index >= 15 is 0 Å². The zero-order valence-electron chi connectivity index (χ0n) is 18.4. The number of fused-ring (bicyclic) bond motifs is 1. The van der Waals surface area contributed by atoms with Gasteiger partial charge in [-0.2, -0.15) is 0 Å². The number of ether oxygens (including phenoxy) is 1. The number of para-hydroxylation sites is 1. The van der Waals surface area contributed by atoms with Crippen LogP contribution in [-0.2, 0) is 16.0 Å². The van der Waals surface area contributed by atoms with Crippen LogP contribution in [0, 0.1) is 0 Å². The van der Waals surface area contributed by atoms with E-state index in [1.807, 2.05) is 35.2 Å². The Labute approximate surface area is 191 Å². The molecule has 7 nitrogen and oxygen atoms in total. The fourth-order valence-corrected chi connectivity index (χ4v) is 4.24. The number of carbonyl (C=O) groups excluding carboxylic acids is 1. The Hall–Kier alpha value is -3.39. The molecule has 174 valence electrons. The average molecular weight is 454 g/mol. The maximum atomic E-state index is 13.8.